The zero-order valence-electron chi connectivity index (χ0n) is 15.6. The first-order chi connectivity index (χ1) is 12.6. The number of hydrogen-bond acceptors (Lipinski definition) is 7. The summed E-state index contributed by atoms with van der Waals surface area (Å²) in [6.07, 6.45) is 3.62. The molecule has 1 atom stereocenters. The van der Waals surface area contributed by atoms with E-state index in [2.05, 4.69) is 27.4 Å². The van der Waals surface area contributed by atoms with Crippen molar-refractivity contribution in [3.63, 3.8) is 0 Å². The number of rotatable bonds is 6. The minimum atomic E-state index is 0. The maximum absolute atomic E-state index is 6.27. The van der Waals surface area contributed by atoms with Crippen LogP contribution in [0.25, 0.3) is 12.2 Å². The number of nitrogens with one attached hydrogen (secondary N) is 1. The van der Waals surface area contributed by atoms with Crippen LogP contribution in [-0.2, 0) is 0 Å². The second kappa shape index (κ2) is 9.94. The summed E-state index contributed by atoms with van der Waals surface area (Å²) in [6.45, 7) is 5.17. The summed E-state index contributed by atoms with van der Waals surface area (Å²) in [4.78, 5) is 6.69. The number of hydrogen-bond donors (Lipinski definition) is 1. The fraction of sp³-hybridized carbons (Fsp3) is 0.444. The van der Waals surface area contributed by atoms with Crippen LogP contribution in [0.2, 0.25) is 5.02 Å². The standard InChI is InChI=1S/C18H23ClN4O3.ClH/c1-4-25-15-10-12(9-13(19)17(15)24-3)5-6-16-21-18(22-26-16)14-11-20-7-8-23(14)2;/h5-6,9-10,14,20H,4,7-8,11H2,1-3H3;1H/b6-5+;. The van der Waals surface area contributed by atoms with Crippen LogP contribution in [-0.4, -0.2) is 55.4 Å². The van der Waals surface area contributed by atoms with Gasteiger partial charge in [-0.25, -0.2) is 0 Å². The summed E-state index contributed by atoms with van der Waals surface area (Å²) in [5.41, 5.74) is 0.857. The summed E-state index contributed by atoms with van der Waals surface area (Å²) < 4.78 is 16.2. The molecule has 1 aromatic carbocycles. The average Bonchev–Trinajstić information content (AvgIpc) is 3.09. The minimum Gasteiger partial charge on any atom is -0.491 e. The molecule has 1 unspecified atom stereocenters. The summed E-state index contributed by atoms with van der Waals surface area (Å²) >= 11 is 6.27. The second-order valence-corrected chi connectivity index (χ2v) is 6.40. The van der Waals surface area contributed by atoms with Gasteiger partial charge >= 0.3 is 0 Å². The molecule has 1 aliphatic heterocycles. The summed E-state index contributed by atoms with van der Waals surface area (Å²) in [6, 6.07) is 3.78. The quantitative estimate of drug-likeness (QED) is 0.776. The predicted octanol–water partition coefficient (Wildman–Crippen LogP) is 3.30. The van der Waals surface area contributed by atoms with Crippen LogP contribution in [0.15, 0.2) is 16.7 Å². The fourth-order valence-corrected chi connectivity index (χ4v) is 3.15. The third kappa shape index (κ3) is 5.13. The number of ether oxygens (including phenoxy) is 2. The maximum Gasteiger partial charge on any atom is 0.250 e. The lowest BCUT2D eigenvalue weighted by Gasteiger charge is -2.30. The van der Waals surface area contributed by atoms with Gasteiger partial charge in [0.2, 0.25) is 0 Å². The predicted molar refractivity (Wildman–Crippen MR) is 108 cm³/mol. The highest BCUT2D eigenvalue weighted by atomic mass is 35.5. The third-order valence-corrected chi connectivity index (χ3v) is 4.50. The normalized spacial score (nSPS) is 17.7. The van der Waals surface area contributed by atoms with Crippen molar-refractivity contribution in [3.8, 4) is 11.5 Å². The van der Waals surface area contributed by atoms with Gasteiger partial charge in [-0.2, -0.15) is 4.98 Å². The summed E-state index contributed by atoms with van der Waals surface area (Å²) in [5.74, 6) is 2.26. The van der Waals surface area contributed by atoms with E-state index < -0.39 is 0 Å². The molecule has 0 saturated carbocycles. The Morgan fingerprint density at radius 3 is 2.93 bits per heavy atom. The van der Waals surface area contributed by atoms with E-state index in [1.807, 2.05) is 19.1 Å². The average molecular weight is 415 g/mol. The van der Waals surface area contributed by atoms with Crippen molar-refractivity contribution in [1.29, 1.82) is 0 Å². The monoisotopic (exact) mass is 414 g/mol. The van der Waals surface area contributed by atoms with Gasteiger partial charge in [0.25, 0.3) is 5.89 Å². The lowest BCUT2D eigenvalue weighted by atomic mass is 10.2. The first-order valence-electron chi connectivity index (χ1n) is 8.55. The largest absolute Gasteiger partial charge is 0.491 e. The molecule has 7 nitrogen and oxygen atoms in total. The van der Waals surface area contributed by atoms with E-state index in [0.29, 0.717) is 34.8 Å². The topological polar surface area (TPSA) is 72.7 Å². The smallest absolute Gasteiger partial charge is 0.250 e. The molecule has 1 N–H and O–H groups in total. The van der Waals surface area contributed by atoms with Crippen LogP contribution >= 0.6 is 24.0 Å². The summed E-state index contributed by atoms with van der Waals surface area (Å²) in [5, 5.41) is 7.93. The van der Waals surface area contributed by atoms with Crippen molar-refractivity contribution in [2.45, 2.75) is 13.0 Å². The van der Waals surface area contributed by atoms with E-state index in [-0.39, 0.29) is 18.4 Å². The number of aromatic nitrogens is 2. The van der Waals surface area contributed by atoms with E-state index in [9.17, 15) is 0 Å². The van der Waals surface area contributed by atoms with Crippen molar-refractivity contribution in [2.75, 3.05) is 40.4 Å². The molecule has 0 amide bonds. The van der Waals surface area contributed by atoms with Crippen LogP contribution in [0.1, 0.15) is 30.2 Å². The van der Waals surface area contributed by atoms with Gasteiger partial charge in [-0.3, -0.25) is 4.90 Å². The Balaban J connectivity index is 0.00000261. The van der Waals surface area contributed by atoms with Gasteiger partial charge < -0.3 is 19.3 Å². The molecule has 2 heterocycles. The zero-order valence-corrected chi connectivity index (χ0v) is 17.1. The molecule has 0 bridgehead atoms. The van der Waals surface area contributed by atoms with Gasteiger partial charge in [0, 0.05) is 25.7 Å². The highest BCUT2D eigenvalue weighted by Crippen LogP contribution is 2.36. The van der Waals surface area contributed by atoms with Crippen molar-refractivity contribution >= 4 is 36.2 Å². The van der Waals surface area contributed by atoms with Crippen LogP contribution in [0.4, 0.5) is 0 Å². The molecule has 1 saturated heterocycles. The van der Waals surface area contributed by atoms with Crippen LogP contribution in [0, 0.1) is 0 Å². The van der Waals surface area contributed by atoms with E-state index in [1.165, 1.54) is 0 Å². The minimum absolute atomic E-state index is 0. The molecule has 1 aliphatic rings. The van der Waals surface area contributed by atoms with Gasteiger partial charge in [-0.15, -0.1) is 12.4 Å². The number of piperazine rings is 1. The lowest BCUT2D eigenvalue weighted by molar-refractivity contribution is 0.190. The van der Waals surface area contributed by atoms with Gasteiger partial charge in [-0.05, 0) is 37.7 Å². The maximum atomic E-state index is 6.27. The molecule has 2 aromatic rings. The Hall–Kier alpha value is -1.80. The number of nitrogens with zero attached hydrogens (tertiary/aromatic N) is 3. The van der Waals surface area contributed by atoms with E-state index in [0.717, 1.165) is 25.2 Å². The Morgan fingerprint density at radius 1 is 1.41 bits per heavy atom. The van der Waals surface area contributed by atoms with Crippen LogP contribution in [0.3, 0.4) is 0 Å². The summed E-state index contributed by atoms with van der Waals surface area (Å²) in [7, 11) is 3.63. The molecule has 9 heteroatoms. The van der Waals surface area contributed by atoms with Gasteiger partial charge in [0.05, 0.1) is 24.8 Å². The van der Waals surface area contributed by atoms with Gasteiger partial charge in [0.1, 0.15) is 0 Å². The Morgan fingerprint density at radius 2 is 2.22 bits per heavy atom. The molecule has 148 valence electrons. The Kier molecular flexibility index (Phi) is 7.91. The van der Waals surface area contributed by atoms with Crippen molar-refractivity contribution in [2.24, 2.45) is 0 Å². The molecule has 1 aromatic heterocycles. The zero-order chi connectivity index (χ0) is 18.5. The molecule has 0 radical (unpaired) electrons. The lowest BCUT2D eigenvalue weighted by Crippen LogP contribution is -2.44. The molecule has 27 heavy (non-hydrogen) atoms. The number of likely N-dealkylation sites (N-methyl/N-ethyl adjacent to an activating group) is 1. The highest BCUT2D eigenvalue weighted by Gasteiger charge is 2.24. The first kappa shape index (κ1) is 21.5. The number of halogens is 2. The molecular weight excluding hydrogens is 391 g/mol. The SMILES string of the molecule is CCOc1cc(/C=C/c2nc(C3CNCCN3C)no2)cc(Cl)c1OC.Cl. The Bertz CT molecular complexity index is 782. The molecule has 1 fully saturated rings. The van der Waals surface area contributed by atoms with E-state index >= 15 is 0 Å². The third-order valence-electron chi connectivity index (χ3n) is 4.22. The molecule has 3 rings (SSSR count). The molecule has 0 spiro atoms. The first-order valence-corrected chi connectivity index (χ1v) is 8.93. The number of benzene rings is 1. The van der Waals surface area contributed by atoms with Crippen LogP contribution in [0.5, 0.6) is 11.5 Å². The Labute approximate surface area is 170 Å². The number of methoxy groups -OCH3 is 1. The van der Waals surface area contributed by atoms with E-state index in [4.69, 9.17) is 25.6 Å². The van der Waals surface area contributed by atoms with E-state index in [1.54, 1.807) is 19.3 Å². The molecule has 0 aliphatic carbocycles. The van der Waals surface area contributed by atoms with Crippen LogP contribution < -0.4 is 14.8 Å². The molecular formula is C18H24Cl2N4O3. The van der Waals surface area contributed by atoms with Crippen molar-refractivity contribution < 1.29 is 14.0 Å². The highest BCUT2D eigenvalue weighted by molar-refractivity contribution is 6.32. The van der Waals surface area contributed by atoms with Crippen molar-refractivity contribution in [1.82, 2.24) is 20.4 Å². The fourth-order valence-electron chi connectivity index (χ4n) is 2.86. The second-order valence-electron chi connectivity index (χ2n) is 5.99. The van der Waals surface area contributed by atoms with Crippen molar-refractivity contribution in [3.05, 3.63) is 34.4 Å². The van der Waals surface area contributed by atoms with Gasteiger partial charge in [-0.1, -0.05) is 16.8 Å². The van der Waals surface area contributed by atoms with Gasteiger partial charge in [0.15, 0.2) is 17.3 Å².